The molecule has 0 saturated heterocycles. The molecule has 10 heteroatoms. The maximum Gasteiger partial charge on any atom is 0.278 e. The van der Waals surface area contributed by atoms with Crippen molar-refractivity contribution >= 4 is 40.3 Å². The van der Waals surface area contributed by atoms with Crippen molar-refractivity contribution in [3.8, 4) is 0 Å². The summed E-state index contributed by atoms with van der Waals surface area (Å²) in [5.74, 6) is -0.778. The van der Waals surface area contributed by atoms with Gasteiger partial charge in [-0.1, -0.05) is 29.3 Å². The molecular formula is C16H14Cl2N4O4. The zero-order valence-corrected chi connectivity index (χ0v) is 14.8. The molecule has 1 atom stereocenters. The van der Waals surface area contributed by atoms with Crippen molar-refractivity contribution in [2.75, 3.05) is 11.9 Å². The van der Waals surface area contributed by atoms with E-state index in [-0.39, 0.29) is 23.3 Å². The van der Waals surface area contributed by atoms with Gasteiger partial charge in [0.2, 0.25) is 0 Å². The van der Waals surface area contributed by atoms with Crippen LogP contribution in [0.15, 0.2) is 41.6 Å². The summed E-state index contributed by atoms with van der Waals surface area (Å²) >= 11 is 11.9. The largest absolute Gasteiger partial charge is 0.393 e. The molecule has 0 saturated carbocycles. The zero-order chi connectivity index (χ0) is 18.8. The summed E-state index contributed by atoms with van der Waals surface area (Å²) in [7, 11) is 0. The van der Waals surface area contributed by atoms with E-state index >= 15 is 0 Å². The first-order chi connectivity index (χ1) is 12.4. The molecule has 1 unspecified atom stereocenters. The molecule has 0 aliphatic heterocycles. The molecular weight excluding hydrogens is 383 g/mol. The van der Waals surface area contributed by atoms with Crippen molar-refractivity contribution in [3.05, 3.63) is 62.8 Å². The highest BCUT2D eigenvalue weighted by molar-refractivity contribution is 6.42. The van der Waals surface area contributed by atoms with E-state index < -0.39 is 18.6 Å². The Balaban J connectivity index is 1.89. The summed E-state index contributed by atoms with van der Waals surface area (Å²) in [4.78, 5) is 24.2. The molecule has 2 aromatic heterocycles. The predicted octanol–water partition coefficient (Wildman–Crippen LogP) is 1.14. The number of anilines is 1. The van der Waals surface area contributed by atoms with Crippen molar-refractivity contribution in [1.82, 2.24) is 14.2 Å². The molecule has 1 aromatic carbocycles. The number of amides is 1. The third-order valence-electron chi connectivity index (χ3n) is 3.68. The van der Waals surface area contributed by atoms with Crippen molar-refractivity contribution in [2.24, 2.45) is 0 Å². The molecule has 2 heterocycles. The van der Waals surface area contributed by atoms with Crippen LogP contribution in [0.3, 0.4) is 0 Å². The van der Waals surface area contributed by atoms with Crippen LogP contribution in [0.25, 0.3) is 5.52 Å². The van der Waals surface area contributed by atoms with Gasteiger partial charge in [-0.25, -0.2) is 4.52 Å². The molecule has 0 spiro atoms. The van der Waals surface area contributed by atoms with Gasteiger partial charge in [-0.15, -0.1) is 0 Å². The van der Waals surface area contributed by atoms with Crippen molar-refractivity contribution < 1.29 is 15.0 Å². The number of fused-ring (bicyclic) bond motifs is 1. The zero-order valence-electron chi connectivity index (χ0n) is 13.3. The number of aliphatic hydroxyl groups is 2. The Morgan fingerprint density at radius 1 is 1.27 bits per heavy atom. The Morgan fingerprint density at radius 2 is 2.04 bits per heavy atom. The Morgan fingerprint density at radius 3 is 2.73 bits per heavy atom. The van der Waals surface area contributed by atoms with Crippen molar-refractivity contribution in [1.29, 1.82) is 0 Å². The van der Waals surface area contributed by atoms with Crippen LogP contribution in [0.5, 0.6) is 0 Å². The van der Waals surface area contributed by atoms with Gasteiger partial charge in [0.15, 0.2) is 6.10 Å². The highest BCUT2D eigenvalue weighted by atomic mass is 35.5. The number of benzene rings is 1. The van der Waals surface area contributed by atoms with Gasteiger partial charge in [0, 0.05) is 0 Å². The summed E-state index contributed by atoms with van der Waals surface area (Å²) < 4.78 is 2.71. The fourth-order valence-electron chi connectivity index (χ4n) is 2.35. The van der Waals surface area contributed by atoms with E-state index in [9.17, 15) is 14.7 Å². The molecule has 0 bridgehead atoms. The molecule has 0 radical (unpaired) electrons. The lowest BCUT2D eigenvalue weighted by Gasteiger charge is -2.06. The Labute approximate surface area is 157 Å². The molecule has 0 aliphatic carbocycles. The van der Waals surface area contributed by atoms with Gasteiger partial charge in [-0.3, -0.25) is 14.2 Å². The molecule has 3 aromatic rings. The van der Waals surface area contributed by atoms with Crippen LogP contribution in [-0.2, 0) is 11.3 Å². The number of carbonyl (C=O) groups is 1. The van der Waals surface area contributed by atoms with E-state index in [1.807, 2.05) is 0 Å². The monoisotopic (exact) mass is 396 g/mol. The maximum atomic E-state index is 12.6. The third kappa shape index (κ3) is 3.73. The van der Waals surface area contributed by atoms with E-state index in [1.54, 1.807) is 18.2 Å². The average molecular weight is 397 g/mol. The quantitative estimate of drug-likeness (QED) is 0.599. The highest BCUT2D eigenvalue weighted by Gasteiger charge is 2.15. The number of hydrogen-bond acceptors (Lipinski definition) is 5. The van der Waals surface area contributed by atoms with Crippen LogP contribution in [0.1, 0.15) is 5.56 Å². The molecule has 8 nitrogen and oxygen atoms in total. The number of nitrogens with zero attached hydrogens (tertiary/aromatic N) is 3. The first kappa shape index (κ1) is 18.4. The fourth-order valence-corrected chi connectivity index (χ4v) is 2.67. The lowest BCUT2D eigenvalue weighted by Crippen LogP contribution is -2.30. The lowest BCUT2D eigenvalue weighted by molar-refractivity contribution is -0.125. The predicted molar refractivity (Wildman–Crippen MR) is 96.7 cm³/mol. The third-order valence-corrected chi connectivity index (χ3v) is 4.41. The van der Waals surface area contributed by atoms with Crippen LogP contribution >= 0.6 is 23.2 Å². The number of halogens is 2. The van der Waals surface area contributed by atoms with Gasteiger partial charge in [0.05, 0.1) is 35.1 Å². The Kier molecular flexibility index (Phi) is 5.28. The number of aliphatic hydroxyl groups excluding tert-OH is 2. The van der Waals surface area contributed by atoms with Gasteiger partial charge in [0.25, 0.3) is 11.5 Å². The molecule has 3 rings (SSSR count). The fraction of sp³-hybridized carbons (Fsp3) is 0.188. The van der Waals surface area contributed by atoms with Crippen LogP contribution in [0, 0.1) is 0 Å². The average Bonchev–Trinajstić information content (AvgIpc) is 3.03. The first-order valence-electron chi connectivity index (χ1n) is 7.50. The highest BCUT2D eigenvalue weighted by Crippen LogP contribution is 2.22. The van der Waals surface area contributed by atoms with Gasteiger partial charge >= 0.3 is 0 Å². The topological polar surface area (TPSA) is 109 Å². The SMILES string of the molecule is O=C(Nc1cc2c(=O)n(Cc3ccc(Cl)c(Cl)c3)cnn2c1)C(O)CO. The second-order valence-electron chi connectivity index (χ2n) is 5.56. The number of nitrogens with one attached hydrogen (secondary N) is 1. The van der Waals surface area contributed by atoms with E-state index in [4.69, 9.17) is 28.3 Å². The van der Waals surface area contributed by atoms with Crippen LogP contribution in [0.2, 0.25) is 10.0 Å². The van der Waals surface area contributed by atoms with Crippen molar-refractivity contribution in [3.63, 3.8) is 0 Å². The second-order valence-corrected chi connectivity index (χ2v) is 6.37. The molecule has 0 fully saturated rings. The minimum atomic E-state index is -1.54. The summed E-state index contributed by atoms with van der Waals surface area (Å²) in [5.41, 5.74) is 0.966. The van der Waals surface area contributed by atoms with E-state index in [2.05, 4.69) is 10.4 Å². The van der Waals surface area contributed by atoms with Gasteiger partial charge in [0.1, 0.15) is 11.8 Å². The Hall–Kier alpha value is -2.39. The summed E-state index contributed by atoms with van der Waals surface area (Å²) in [6.45, 7) is -0.455. The van der Waals surface area contributed by atoms with E-state index in [0.717, 1.165) is 5.56 Å². The van der Waals surface area contributed by atoms with Crippen LogP contribution in [0.4, 0.5) is 5.69 Å². The van der Waals surface area contributed by atoms with Gasteiger partial charge in [-0.05, 0) is 23.8 Å². The normalized spacial score (nSPS) is 12.3. The first-order valence-corrected chi connectivity index (χ1v) is 8.26. The minimum absolute atomic E-state index is 0.237. The Bertz CT molecular complexity index is 1030. The molecule has 1 amide bonds. The lowest BCUT2D eigenvalue weighted by atomic mass is 10.2. The van der Waals surface area contributed by atoms with Crippen molar-refractivity contribution in [2.45, 2.75) is 12.6 Å². The van der Waals surface area contributed by atoms with E-state index in [0.29, 0.717) is 10.0 Å². The number of hydrogen-bond donors (Lipinski definition) is 3. The number of carbonyl (C=O) groups excluding carboxylic acids is 1. The van der Waals surface area contributed by atoms with Crippen LogP contribution in [-0.4, -0.2) is 43.0 Å². The molecule has 136 valence electrons. The molecule has 3 N–H and O–H groups in total. The van der Waals surface area contributed by atoms with E-state index in [1.165, 1.54) is 27.7 Å². The number of rotatable bonds is 5. The second kappa shape index (κ2) is 7.46. The summed E-state index contributed by atoms with van der Waals surface area (Å²) in [5, 5.41) is 25.4. The van der Waals surface area contributed by atoms with Crippen LogP contribution < -0.4 is 10.9 Å². The smallest absolute Gasteiger partial charge is 0.278 e. The number of aromatic nitrogens is 3. The molecule has 26 heavy (non-hydrogen) atoms. The van der Waals surface area contributed by atoms with Gasteiger partial charge < -0.3 is 15.5 Å². The van der Waals surface area contributed by atoms with Gasteiger partial charge in [-0.2, -0.15) is 5.10 Å². The molecule has 0 aliphatic rings. The maximum absolute atomic E-state index is 12.6. The summed E-state index contributed by atoms with van der Waals surface area (Å²) in [6, 6.07) is 6.50. The standard InChI is InChI=1S/C16H14Cl2N4O4/c17-11-2-1-9(3-12(11)18)5-21-8-19-22-6-10(4-13(22)16(21)26)20-15(25)14(24)7-23/h1-4,6,8,14,23-24H,5,7H2,(H,20,25). The minimum Gasteiger partial charge on any atom is -0.393 e. The summed E-state index contributed by atoms with van der Waals surface area (Å²) in [6.07, 6.45) is 1.26.